The third kappa shape index (κ3) is 14.9. The van der Waals surface area contributed by atoms with E-state index in [0.717, 1.165) is 26.1 Å². The second-order valence-corrected chi connectivity index (χ2v) is 21.8. The van der Waals surface area contributed by atoms with Gasteiger partial charge in [-0.05, 0) is 71.8 Å². The van der Waals surface area contributed by atoms with Crippen LogP contribution >= 0.6 is 0 Å². The largest absolute Gasteiger partial charge is 0.418 e. The molecule has 0 aromatic carbocycles. The fourth-order valence-corrected chi connectivity index (χ4v) is 4.45. The highest BCUT2D eigenvalue weighted by Crippen LogP contribution is 2.16. The fraction of sp³-hybridized carbons (Fsp3) is 1.00. The standard InChI is InChI=1S/C14H36O3Si3/c1-18(2,3)15-12-10-14(17-20(7,8)9)11-13-16-19(4,5)6/h14H,10-13H2,1-9H3. The molecule has 0 aliphatic heterocycles. The molecule has 0 unspecified atom stereocenters. The molecule has 0 atom stereocenters. The van der Waals surface area contributed by atoms with Crippen molar-refractivity contribution in [2.24, 2.45) is 0 Å². The van der Waals surface area contributed by atoms with E-state index in [1.54, 1.807) is 0 Å². The van der Waals surface area contributed by atoms with Crippen LogP contribution in [-0.2, 0) is 13.3 Å². The molecule has 0 N–H and O–H groups in total. The Morgan fingerprint density at radius 3 is 1.20 bits per heavy atom. The van der Waals surface area contributed by atoms with Crippen LogP contribution in [0.2, 0.25) is 58.9 Å². The van der Waals surface area contributed by atoms with Crippen molar-refractivity contribution < 1.29 is 13.3 Å². The van der Waals surface area contributed by atoms with E-state index in [0.29, 0.717) is 0 Å². The minimum atomic E-state index is -1.50. The number of rotatable bonds is 10. The van der Waals surface area contributed by atoms with Crippen LogP contribution in [0, 0.1) is 0 Å². The maximum atomic E-state index is 6.28. The molecular formula is C14H36O3Si3. The van der Waals surface area contributed by atoms with Gasteiger partial charge >= 0.3 is 0 Å². The first-order valence-corrected chi connectivity index (χ1v) is 18.0. The molecule has 0 saturated heterocycles. The first-order chi connectivity index (χ1) is 8.79. The highest BCUT2D eigenvalue weighted by molar-refractivity contribution is 6.70. The molecule has 0 amide bonds. The van der Waals surface area contributed by atoms with Gasteiger partial charge in [0.1, 0.15) is 0 Å². The van der Waals surface area contributed by atoms with Gasteiger partial charge < -0.3 is 13.3 Å². The van der Waals surface area contributed by atoms with Gasteiger partial charge in [0.15, 0.2) is 25.0 Å². The molecule has 0 aliphatic rings. The lowest BCUT2D eigenvalue weighted by Gasteiger charge is -2.28. The van der Waals surface area contributed by atoms with Crippen LogP contribution < -0.4 is 0 Å². The van der Waals surface area contributed by atoms with Crippen LogP contribution in [0.4, 0.5) is 0 Å². The molecule has 122 valence electrons. The Kier molecular flexibility index (Phi) is 8.46. The maximum absolute atomic E-state index is 6.28. The van der Waals surface area contributed by atoms with Gasteiger partial charge in [-0.2, -0.15) is 0 Å². The van der Waals surface area contributed by atoms with E-state index in [-0.39, 0.29) is 6.10 Å². The van der Waals surface area contributed by atoms with E-state index in [4.69, 9.17) is 13.3 Å². The van der Waals surface area contributed by atoms with Crippen molar-refractivity contribution in [3.63, 3.8) is 0 Å². The molecule has 0 heterocycles. The third-order valence-electron chi connectivity index (χ3n) is 2.47. The zero-order chi connectivity index (χ0) is 16.0. The van der Waals surface area contributed by atoms with Crippen molar-refractivity contribution >= 4 is 25.0 Å². The fourth-order valence-electron chi connectivity index (χ4n) is 1.76. The van der Waals surface area contributed by atoms with Crippen LogP contribution in [0.1, 0.15) is 12.8 Å². The van der Waals surface area contributed by atoms with E-state index in [9.17, 15) is 0 Å². The van der Waals surface area contributed by atoms with Crippen molar-refractivity contribution in [2.75, 3.05) is 13.2 Å². The Morgan fingerprint density at radius 2 is 0.950 bits per heavy atom. The predicted molar refractivity (Wildman–Crippen MR) is 96.0 cm³/mol. The average Bonchev–Trinajstić information content (AvgIpc) is 2.10. The van der Waals surface area contributed by atoms with Crippen LogP contribution in [0.15, 0.2) is 0 Å². The minimum absolute atomic E-state index is 0.286. The summed E-state index contributed by atoms with van der Waals surface area (Å²) in [7, 11) is -4.33. The highest BCUT2D eigenvalue weighted by Gasteiger charge is 2.23. The lowest BCUT2D eigenvalue weighted by atomic mass is 10.2. The molecule has 0 aromatic heterocycles. The molecule has 0 radical (unpaired) electrons. The Labute approximate surface area is 129 Å². The van der Waals surface area contributed by atoms with E-state index < -0.39 is 25.0 Å². The molecule has 6 heteroatoms. The first-order valence-electron chi connectivity index (χ1n) is 7.74. The van der Waals surface area contributed by atoms with Crippen LogP contribution in [0.5, 0.6) is 0 Å². The van der Waals surface area contributed by atoms with Gasteiger partial charge in [-0.25, -0.2) is 0 Å². The molecule has 0 rings (SSSR count). The van der Waals surface area contributed by atoms with Gasteiger partial charge in [-0.3, -0.25) is 0 Å². The van der Waals surface area contributed by atoms with E-state index in [1.165, 1.54) is 0 Å². The van der Waals surface area contributed by atoms with E-state index in [2.05, 4.69) is 58.9 Å². The monoisotopic (exact) mass is 336 g/mol. The Balaban J connectivity index is 4.21. The third-order valence-corrected chi connectivity index (χ3v) is 5.65. The summed E-state index contributed by atoms with van der Waals surface area (Å²) in [6.45, 7) is 21.8. The van der Waals surface area contributed by atoms with Crippen molar-refractivity contribution in [1.29, 1.82) is 0 Å². The molecule has 0 saturated carbocycles. The van der Waals surface area contributed by atoms with Crippen molar-refractivity contribution in [3.8, 4) is 0 Å². The van der Waals surface area contributed by atoms with Crippen molar-refractivity contribution in [3.05, 3.63) is 0 Å². The Bertz CT molecular complexity index is 244. The van der Waals surface area contributed by atoms with Gasteiger partial charge in [-0.1, -0.05) is 0 Å². The van der Waals surface area contributed by atoms with Crippen molar-refractivity contribution in [1.82, 2.24) is 0 Å². The van der Waals surface area contributed by atoms with E-state index >= 15 is 0 Å². The first kappa shape index (κ1) is 20.5. The zero-order valence-electron chi connectivity index (χ0n) is 15.1. The van der Waals surface area contributed by atoms with Gasteiger partial charge in [0.05, 0.1) is 0 Å². The van der Waals surface area contributed by atoms with Gasteiger partial charge in [0.2, 0.25) is 0 Å². The van der Waals surface area contributed by atoms with Crippen molar-refractivity contribution in [2.45, 2.75) is 77.9 Å². The smallest absolute Gasteiger partial charge is 0.184 e. The highest BCUT2D eigenvalue weighted by atomic mass is 28.4. The predicted octanol–water partition coefficient (Wildman–Crippen LogP) is 4.69. The summed E-state index contributed by atoms with van der Waals surface area (Å²) in [5.74, 6) is 0. The SMILES string of the molecule is C[Si](C)(C)OCCC(CCO[Si](C)(C)C)O[Si](C)(C)C. The van der Waals surface area contributed by atoms with Gasteiger partial charge in [0, 0.05) is 19.3 Å². The molecule has 3 nitrogen and oxygen atoms in total. The Morgan fingerprint density at radius 1 is 0.600 bits per heavy atom. The normalized spacial score (nSPS) is 14.1. The second-order valence-electron chi connectivity index (χ2n) is 8.35. The molecular weight excluding hydrogens is 300 g/mol. The zero-order valence-corrected chi connectivity index (χ0v) is 18.1. The summed E-state index contributed by atoms with van der Waals surface area (Å²) in [4.78, 5) is 0. The summed E-state index contributed by atoms with van der Waals surface area (Å²) < 4.78 is 18.2. The maximum Gasteiger partial charge on any atom is 0.184 e. The minimum Gasteiger partial charge on any atom is -0.418 e. The van der Waals surface area contributed by atoms with Crippen LogP contribution in [-0.4, -0.2) is 44.3 Å². The number of hydrogen-bond donors (Lipinski definition) is 0. The summed E-state index contributed by atoms with van der Waals surface area (Å²) >= 11 is 0. The molecule has 0 spiro atoms. The summed E-state index contributed by atoms with van der Waals surface area (Å²) in [6, 6.07) is 0. The summed E-state index contributed by atoms with van der Waals surface area (Å²) in [5, 5.41) is 0. The van der Waals surface area contributed by atoms with E-state index in [1.807, 2.05) is 0 Å². The Hall–Kier alpha value is 0.531. The molecule has 0 bridgehead atoms. The number of hydrogen-bond acceptors (Lipinski definition) is 3. The quantitative estimate of drug-likeness (QED) is 0.542. The second kappa shape index (κ2) is 8.24. The van der Waals surface area contributed by atoms with Gasteiger partial charge in [0.25, 0.3) is 0 Å². The van der Waals surface area contributed by atoms with Crippen LogP contribution in [0.25, 0.3) is 0 Å². The van der Waals surface area contributed by atoms with Gasteiger partial charge in [-0.15, -0.1) is 0 Å². The molecule has 0 aromatic rings. The molecule has 0 fully saturated rings. The topological polar surface area (TPSA) is 27.7 Å². The summed E-state index contributed by atoms with van der Waals surface area (Å²) in [5.41, 5.74) is 0. The molecule has 20 heavy (non-hydrogen) atoms. The average molecular weight is 337 g/mol. The lowest BCUT2D eigenvalue weighted by Crippen LogP contribution is -2.35. The summed E-state index contributed by atoms with van der Waals surface area (Å²) in [6.07, 6.45) is 2.27. The lowest BCUT2D eigenvalue weighted by molar-refractivity contribution is 0.125. The molecule has 0 aliphatic carbocycles. The van der Waals surface area contributed by atoms with Crippen LogP contribution in [0.3, 0.4) is 0 Å².